The molecule has 10 nitrogen and oxygen atoms in total. The molecule has 1 N–H and O–H groups in total. The van der Waals surface area contributed by atoms with E-state index >= 15 is 0 Å². The molecular formula is C21H21N3O7. The zero-order valence-electron chi connectivity index (χ0n) is 17.2. The molecular weight excluding hydrogens is 406 g/mol. The summed E-state index contributed by atoms with van der Waals surface area (Å²) < 4.78 is 10.4. The standard InChI is InChI=1S/C21H21N3O7/c1-12(2)31-21(27)19-16(11-25)23-13(3)17(20(26)30-9-5-8-22)18(19)14-6-4-7-15(10-14)24(28)29/h4,6-7,10,12,25H,5,9,11H2,1-3H3. The van der Waals surface area contributed by atoms with Gasteiger partial charge >= 0.3 is 11.9 Å². The molecule has 2 aromatic rings. The largest absolute Gasteiger partial charge is 0.461 e. The van der Waals surface area contributed by atoms with Crippen LogP contribution in [0.1, 0.15) is 52.4 Å². The molecule has 0 amide bonds. The highest BCUT2D eigenvalue weighted by atomic mass is 16.6. The Bertz CT molecular complexity index is 1060. The number of benzene rings is 1. The lowest BCUT2D eigenvalue weighted by Crippen LogP contribution is -2.20. The maximum Gasteiger partial charge on any atom is 0.341 e. The van der Waals surface area contributed by atoms with Crippen LogP contribution in [0.3, 0.4) is 0 Å². The molecule has 0 bridgehead atoms. The third-order valence-corrected chi connectivity index (χ3v) is 4.15. The van der Waals surface area contributed by atoms with Crippen molar-refractivity contribution in [3.63, 3.8) is 0 Å². The number of nitro benzene ring substituents is 1. The molecule has 0 radical (unpaired) electrons. The molecule has 0 fully saturated rings. The van der Waals surface area contributed by atoms with Crippen LogP contribution in [0, 0.1) is 28.4 Å². The fourth-order valence-electron chi connectivity index (χ4n) is 2.95. The Hall–Kier alpha value is -3.84. The normalized spacial score (nSPS) is 10.5. The molecule has 0 aliphatic carbocycles. The van der Waals surface area contributed by atoms with Gasteiger partial charge in [-0.05, 0) is 26.3 Å². The number of aryl methyl sites for hydroxylation is 1. The van der Waals surface area contributed by atoms with Gasteiger partial charge in [-0.2, -0.15) is 5.26 Å². The number of carbonyl (C=O) groups is 2. The van der Waals surface area contributed by atoms with E-state index in [2.05, 4.69) is 4.98 Å². The zero-order chi connectivity index (χ0) is 23.1. The molecule has 10 heteroatoms. The van der Waals surface area contributed by atoms with Crippen LogP contribution in [-0.4, -0.2) is 39.7 Å². The molecule has 1 heterocycles. The summed E-state index contributed by atoms with van der Waals surface area (Å²) in [5, 5.41) is 29.8. The number of non-ortho nitro benzene ring substituents is 1. The highest BCUT2D eigenvalue weighted by Crippen LogP contribution is 2.34. The summed E-state index contributed by atoms with van der Waals surface area (Å²) in [5.41, 5.74) is -0.262. The van der Waals surface area contributed by atoms with Gasteiger partial charge in [-0.25, -0.2) is 9.59 Å². The number of nitrogens with zero attached hydrogens (tertiary/aromatic N) is 3. The number of nitriles is 1. The smallest absolute Gasteiger partial charge is 0.341 e. The number of hydrogen-bond acceptors (Lipinski definition) is 9. The van der Waals surface area contributed by atoms with Crippen LogP contribution in [-0.2, 0) is 16.1 Å². The quantitative estimate of drug-likeness (QED) is 0.290. The van der Waals surface area contributed by atoms with Gasteiger partial charge in [0.1, 0.15) is 6.61 Å². The number of esters is 2. The number of rotatable bonds is 8. The summed E-state index contributed by atoms with van der Waals surface area (Å²) in [5.74, 6) is -1.70. The van der Waals surface area contributed by atoms with Gasteiger partial charge < -0.3 is 14.6 Å². The Kier molecular flexibility index (Phi) is 7.76. The topological polar surface area (TPSA) is 153 Å². The van der Waals surface area contributed by atoms with Crippen molar-refractivity contribution in [2.75, 3.05) is 6.61 Å². The van der Waals surface area contributed by atoms with Gasteiger partial charge in [0, 0.05) is 17.7 Å². The van der Waals surface area contributed by atoms with Gasteiger partial charge in [0.05, 0.1) is 52.6 Å². The number of ether oxygens (including phenoxy) is 2. The Morgan fingerprint density at radius 3 is 2.58 bits per heavy atom. The molecule has 0 atom stereocenters. The first-order valence-corrected chi connectivity index (χ1v) is 9.35. The van der Waals surface area contributed by atoms with Gasteiger partial charge in [-0.1, -0.05) is 12.1 Å². The predicted molar refractivity (Wildman–Crippen MR) is 108 cm³/mol. The highest BCUT2D eigenvalue weighted by molar-refractivity contribution is 6.07. The molecule has 0 spiro atoms. The second-order valence-electron chi connectivity index (χ2n) is 6.73. The van der Waals surface area contributed by atoms with Gasteiger partial charge in [-0.15, -0.1) is 0 Å². The van der Waals surface area contributed by atoms with Crippen LogP contribution in [0.2, 0.25) is 0 Å². The van der Waals surface area contributed by atoms with Crippen LogP contribution in [0.25, 0.3) is 11.1 Å². The number of hydrogen-bond donors (Lipinski definition) is 1. The Morgan fingerprint density at radius 1 is 1.29 bits per heavy atom. The molecule has 31 heavy (non-hydrogen) atoms. The minimum atomic E-state index is -0.857. The monoisotopic (exact) mass is 427 g/mol. The second-order valence-corrected chi connectivity index (χ2v) is 6.73. The fourth-order valence-corrected chi connectivity index (χ4v) is 2.95. The number of aromatic nitrogens is 1. The molecule has 0 unspecified atom stereocenters. The lowest BCUT2D eigenvalue weighted by molar-refractivity contribution is -0.384. The average Bonchev–Trinajstić information content (AvgIpc) is 2.72. The van der Waals surface area contributed by atoms with Crippen LogP contribution < -0.4 is 0 Å². The minimum absolute atomic E-state index is 0.00728. The van der Waals surface area contributed by atoms with E-state index in [-0.39, 0.29) is 52.4 Å². The average molecular weight is 427 g/mol. The van der Waals surface area contributed by atoms with Gasteiger partial charge in [0.25, 0.3) is 5.69 Å². The van der Waals surface area contributed by atoms with E-state index in [0.717, 1.165) is 0 Å². The van der Waals surface area contributed by atoms with E-state index in [9.17, 15) is 24.8 Å². The van der Waals surface area contributed by atoms with Crippen molar-refractivity contribution in [1.29, 1.82) is 5.26 Å². The first-order chi connectivity index (χ1) is 14.7. The number of carbonyl (C=O) groups excluding carboxylic acids is 2. The summed E-state index contributed by atoms with van der Waals surface area (Å²) in [6, 6.07) is 7.21. The molecule has 1 aromatic carbocycles. The Labute approximate surface area is 178 Å². The first kappa shape index (κ1) is 23.4. The van der Waals surface area contributed by atoms with Gasteiger partial charge in [0.2, 0.25) is 0 Å². The predicted octanol–water partition coefficient (Wildman–Crippen LogP) is 3.09. The van der Waals surface area contributed by atoms with E-state index in [4.69, 9.17) is 14.7 Å². The summed E-state index contributed by atoms with van der Waals surface area (Å²) in [7, 11) is 0. The molecule has 0 saturated carbocycles. The van der Waals surface area contributed by atoms with E-state index in [1.54, 1.807) is 13.8 Å². The van der Waals surface area contributed by atoms with Crippen LogP contribution in [0.5, 0.6) is 0 Å². The summed E-state index contributed by atoms with van der Waals surface area (Å²) in [6.07, 6.45) is -0.550. The van der Waals surface area contributed by atoms with E-state index in [1.165, 1.54) is 31.2 Å². The molecule has 0 saturated heterocycles. The number of aliphatic hydroxyl groups is 1. The first-order valence-electron chi connectivity index (χ1n) is 9.35. The molecule has 1 aromatic heterocycles. The number of nitro groups is 1. The van der Waals surface area contributed by atoms with Crippen LogP contribution in [0.15, 0.2) is 24.3 Å². The maximum atomic E-state index is 12.9. The molecule has 0 aliphatic heterocycles. The zero-order valence-corrected chi connectivity index (χ0v) is 17.2. The van der Waals surface area contributed by atoms with Crippen LogP contribution in [0.4, 0.5) is 5.69 Å². The lowest BCUT2D eigenvalue weighted by Gasteiger charge is -2.19. The van der Waals surface area contributed by atoms with Gasteiger partial charge in [0.15, 0.2) is 0 Å². The number of aliphatic hydroxyl groups excluding tert-OH is 1. The summed E-state index contributed by atoms with van der Waals surface area (Å²) in [6.45, 7) is 3.93. The van der Waals surface area contributed by atoms with E-state index in [0.29, 0.717) is 0 Å². The summed E-state index contributed by atoms with van der Waals surface area (Å²) in [4.78, 5) is 40.5. The van der Waals surface area contributed by atoms with E-state index < -0.39 is 29.6 Å². The van der Waals surface area contributed by atoms with Crippen molar-refractivity contribution in [2.45, 2.75) is 39.9 Å². The molecule has 162 valence electrons. The lowest BCUT2D eigenvalue weighted by atomic mass is 9.92. The van der Waals surface area contributed by atoms with Crippen molar-refractivity contribution in [2.24, 2.45) is 0 Å². The summed E-state index contributed by atoms with van der Waals surface area (Å²) >= 11 is 0. The van der Waals surface area contributed by atoms with Crippen molar-refractivity contribution < 1.29 is 29.1 Å². The third-order valence-electron chi connectivity index (χ3n) is 4.15. The Morgan fingerprint density at radius 2 is 2.00 bits per heavy atom. The van der Waals surface area contributed by atoms with Crippen LogP contribution >= 0.6 is 0 Å². The Balaban J connectivity index is 2.85. The highest BCUT2D eigenvalue weighted by Gasteiger charge is 2.30. The van der Waals surface area contributed by atoms with Crippen molar-refractivity contribution in [3.8, 4) is 17.2 Å². The SMILES string of the molecule is Cc1nc(CO)c(C(=O)OC(C)C)c(-c2cccc([N+](=O)[O-])c2)c1C(=O)OCCC#N. The van der Waals surface area contributed by atoms with Crippen molar-refractivity contribution in [3.05, 3.63) is 56.9 Å². The van der Waals surface area contributed by atoms with E-state index in [1.807, 2.05) is 6.07 Å². The maximum absolute atomic E-state index is 12.9. The molecule has 0 aliphatic rings. The fraction of sp³-hybridized carbons (Fsp3) is 0.333. The van der Waals surface area contributed by atoms with Crippen molar-refractivity contribution >= 4 is 17.6 Å². The minimum Gasteiger partial charge on any atom is -0.461 e. The number of pyridine rings is 1. The van der Waals surface area contributed by atoms with Gasteiger partial charge in [-0.3, -0.25) is 15.1 Å². The van der Waals surface area contributed by atoms with Crippen molar-refractivity contribution in [1.82, 2.24) is 4.98 Å². The molecule has 2 rings (SSSR count). The third kappa shape index (κ3) is 5.40. The second kappa shape index (κ2) is 10.3.